The molecule has 5 aromatic rings. The lowest BCUT2D eigenvalue weighted by Gasteiger charge is -2.32. The van der Waals surface area contributed by atoms with E-state index in [1.807, 2.05) is 12.1 Å². The van der Waals surface area contributed by atoms with Crippen LogP contribution in [-0.2, 0) is 60.5 Å². The first-order valence-corrected chi connectivity index (χ1v) is 25.2. The number of aromatic amines is 1. The zero-order valence-corrected chi connectivity index (χ0v) is 39.2. The predicted molar refractivity (Wildman–Crippen MR) is 242 cm³/mol. The Morgan fingerprint density at radius 1 is 1.13 bits per heavy atom. The topological polar surface area (TPSA) is 285 Å². The lowest BCUT2D eigenvalue weighted by Crippen LogP contribution is -2.43. The van der Waals surface area contributed by atoms with Crippen LogP contribution in [0.2, 0.25) is 0 Å². The summed E-state index contributed by atoms with van der Waals surface area (Å²) in [4.78, 5) is 57.8. The van der Waals surface area contributed by atoms with Crippen molar-refractivity contribution in [2.24, 2.45) is 5.92 Å². The van der Waals surface area contributed by atoms with Crippen LogP contribution in [-0.4, -0.2) is 107 Å². The number of carbonyl (C=O) groups is 2. The Kier molecular flexibility index (Phi) is 16.1. The third-order valence-electron chi connectivity index (χ3n) is 10.4. The van der Waals surface area contributed by atoms with Gasteiger partial charge in [-0.15, -0.1) is 15.5 Å². The second-order valence-electron chi connectivity index (χ2n) is 15.1. The number of nitrogens with zero attached hydrogens (tertiary/aromatic N) is 8. The zero-order valence-electron chi connectivity index (χ0n) is 35.8. The molecule has 356 valence electrons. The number of nitriles is 2. The number of carbonyl (C=O) groups excluding carboxylic acids is 2. The second kappa shape index (κ2) is 21.8. The first kappa shape index (κ1) is 50.3. The number of halogens is 2. The van der Waals surface area contributed by atoms with Crippen LogP contribution < -0.4 is 16.2 Å². The van der Waals surface area contributed by atoms with Crippen LogP contribution in [0.25, 0.3) is 22.2 Å². The fourth-order valence-corrected chi connectivity index (χ4v) is 10.4. The number of amides is 2. The highest BCUT2D eigenvalue weighted by atomic mass is 32.5. The van der Waals surface area contributed by atoms with Gasteiger partial charge in [0.2, 0.25) is 23.7 Å². The molecule has 9 atom stereocenters. The van der Waals surface area contributed by atoms with Crippen molar-refractivity contribution in [3.8, 4) is 24.5 Å². The maximum Gasteiger partial charge on any atom is 0.522 e. The van der Waals surface area contributed by atoms with Crippen molar-refractivity contribution in [3.05, 3.63) is 70.9 Å². The van der Waals surface area contributed by atoms with Crippen molar-refractivity contribution in [1.82, 2.24) is 34.1 Å². The number of rotatable bonds is 20. The largest absolute Gasteiger partial charge is 0.522 e. The van der Waals surface area contributed by atoms with Crippen LogP contribution in [0.15, 0.2) is 54.0 Å². The minimum absolute atomic E-state index is 0.0142. The van der Waals surface area contributed by atoms with Gasteiger partial charge in [-0.2, -0.15) is 15.5 Å². The van der Waals surface area contributed by atoms with E-state index in [0.717, 1.165) is 23.4 Å². The van der Waals surface area contributed by atoms with E-state index in [2.05, 4.69) is 41.5 Å². The van der Waals surface area contributed by atoms with Gasteiger partial charge in [-0.1, -0.05) is 38.0 Å². The van der Waals surface area contributed by atoms with Crippen LogP contribution in [0, 0.1) is 46.7 Å². The number of nitrogens with one attached hydrogen (secondary N) is 3. The quantitative estimate of drug-likeness (QED) is 0.0466. The number of imidazole rings is 1. The Balaban J connectivity index is 1.21. The van der Waals surface area contributed by atoms with Crippen LogP contribution in [0.5, 0.6) is 0 Å². The van der Waals surface area contributed by atoms with Gasteiger partial charge in [0.05, 0.1) is 56.5 Å². The summed E-state index contributed by atoms with van der Waals surface area (Å²) in [7, 11) is -2.17. The minimum Gasteiger partial charge on any atom is -0.394 e. The van der Waals surface area contributed by atoms with Crippen LogP contribution >= 0.6 is 13.9 Å². The van der Waals surface area contributed by atoms with Gasteiger partial charge in [-0.3, -0.25) is 33.8 Å². The molecule has 2 fully saturated rings. The highest BCUT2D eigenvalue weighted by Crippen LogP contribution is 2.56. The molecule has 1 aromatic carbocycles. The number of aromatic nitrogens is 7. The van der Waals surface area contributed by atoms with E-state index in [4.69, 9.17) is 67.4 Å². The van der Waals surface area contributed by atoms with Gasteiger partial charge >= 0.3 is 13.9 Å². The summed E-state index contributed by atoms with van der Waals surface area (Å²) in [6.07, 6.45) is -0.340. The van der Waals surface area contributed by atoms with Gasteiger partial charge in [0.25, 0.3) is 11.5 Å². The van der Waals surface area contributed by atoms with Crippen molar-refractivity contribution < 1.29 is 55.6 Å². The highest BCUT2D eigenvalue weighted by molar-refractivity contribution is 8.07. The van der Waals surface area contributed by atoms with Gasteiger partial charge < -0.3 is 33.5 Å². The standard InChI is InChI=1S/C40H39F2N11O11P2S2/c1-4-40(26(63-65(67)58-14-8-12-43)16-27(62-40)52-17-24(41)28-32(45-20-46-33(28)52)48-36(56)23-10-6-5-7-11-23)19-60-66(68,59-15-9-13-44)64-31-29(42)25(18-54)61-38(31)53-21-47-30-34(53)49-39(51-37(30)57)50-35(55)22(2)3/h1,5-7,10-11,17,20-22,25-27,29,31,38,54H,8-9,14-16,18-19H2,2-3H3,(H2-,45,46,48,49,50,51,55,56,57)/p+1/t25-,26+,27-,29-,31-,38-,40-,66?/m1/s1. The molecule has 0 spiro atoms. The predicted octanol–water partition coefficient (Wildman–Crippen LogP) is 4.71. The van der Waals surface area contributed by atoms with E-state index in [0.29, 0.717) is 0 Å². The number of ether oxygens (including phenoxy) is 2. The molecule has 0 aliphatic carbocycles. The lowest BCUT2D eigenvalue weighted by molar-refractivity contribution is -0.118. The number of fused-ring (bicyclic) bond motifs is 2. The molecule has 4 aromatic heterocycles. The Morgan fingerprint density at radius 3 is 2.59 bits per heavy atom. The number of alkyl halides is 1. The number of aliphatic hydroxyl groups is 1. The summed E-state index contributed by atoms with van der Waals surface area (Å²) in [5.74, 6) is -0.216. The van der Waals surface area contributed by atoms with Gasteiger partial charge in [-0.25, -0.2) is 23.7 Å². The van der Waals surface area contributed by atoms with Gasteiger partial charge in [0.1, 0.15) is 37.2 Å². The molecule has 0 bridgehead atoms. The average molecular weight is 1010 g/mol. The van der Waals surface area contributed by atoms with Crippen molar-refractivity contribution in [2.75, 3.05) is 37.1 Å². The molecule has 2 aliphatic rings. The second-order valence-corrected chi connectivity index (χ2v) is 19.9. The molecule has 2 amide bonds. The highest BCUT2D eigenvalue weighted by Gasteiger charge is 2.56. The molecular formula is C40H40F2N11O11P2S2+. The molecule has 68 heavy (non-hydrogen) atoms. The number of H-pyrrole nitrogens is 1. The first-order valence-electron chi connectivity index (χ1n) is 20.4. The number of anilines is 2. The Morgan fingerprint density at radius 2 is 1.88 bits per heavy atom. The molecule has 4 N–H and O–H groups in total. The Hall–Kier alpha value is -5.62. The van der Waals surface area contributed by atoms with E-state index >= 15 is 8.78 Å². The van der Waals surface area contributed by atoms with Gasteiger partial charge in [-0.05, 0) is 23.9 Å². The molecule has 7 rings (SSSR count). The molecule has 22 nitrogen and oxygen atoms in total. The van der Waals surface area contributed by atoms with Crippen molar-refractivity contribution >= 4 is 83.3 Å². The number of aliphatic hydroxyl groups excluding tert-OH is 1. The number of hydrogen-bond donors (Lipinski definition) is 4. The monoisotopic (exact) mass is 1010 g/mol. The molecule has 0 saturated carbocycles. The summed E-state index contributed by atoms with van der Waals surface area (Å²) >= 11 is 11.3. The smallest absolute Gasteiger partial charge is 0.394 e. The lowest BCUT2D eigenvalue weighted by atomic mass is 9.99. The molecule has 2 saturated heterocycles. The summed E-state index contributed by atoms with van der Waals surface area (Å²) in [5, 5.41) is 33.5. The van der Waals surface area contributed by atoms with Crippen LogP contribution in [0.1, 0.15) is 55.9 Å². The fraction of sp³-hybridized carbons (Fsp3) is 0.425. The summed E-state index contributed by atoms with van der Waals surface area (Å²) in [6.45, 7) is -3.13. The first-order chi connectivity index (χ1) is 32.6. The van der Waals surface area contributed by atoms with E-state index < -0.39 is 98.7 Å². The summed E-state index contributed by atoms with van der Waals surface area (Å²) in [6, 6.07) is 12.0. The van der Waals surface area contributed by atoms with E-state index in [9.17, 15) is 24.8 Å². The third kappa shape index (κ3) is 10.8. The minimum atomic E-state index is -4.33. The Labute approximate surface area is 396 Å². The Bertz CT molecular complexity index is 2950. The SMILES string of the molecule is C#C[C@]1(COP(=S)(OCCC#N)O[C@@H]2[C@H](F)[C@@H](CO)O[C@H]2n2cnc3c(=O)[nH]c(NC(=O)C(C)C)nc32)O[C@@H](n2cc(F)c3c(NC(=O)c4ccccc4)ncnc32)C[C@@H]1O[P+](=S)OCCC#N. The molecule has 28 heteroatoms. The number of hydrogen-bond acceptors (Lipinski definition) is 19. The maximum absolute atomic E-state index is 16.4. The molecule has 0 radical (unpaired) electrons. The summed E-state index contributed by atoms with van der Waals surface area (Å²) < 4.78 is 77.2. The van der Waals surface area contributed by atoms with E-state index in [1.165, 1.54) is 4.57 Å². The van der Waals surface area contributed by atoms with E-state index in [-0.39, 0.29) is 72.0 Å². The summed E-state index contributed by atoms with van der Waals surface area (Å²) in [5.41, 5.74) is -2.87. The van der Waals surface area contributed by atoms with Crippen molar-refractivity contribution in [2.45, 2.75) is 75.7 Å². The van der Waals surface area contributed by atoms with E-state index in [1.54, 1.807) is 44.2 Å². The van der Waals surface area contributed by atoms with Crippen molar-refractivity contribution in [1.29, 1.82) is 10.5 Å². The fourth-order valence-electron chi connectivity index (χ4n) is 6.99. The number of benzene rings is 1. The number of terminal acetylenes is 1. The van der Waals surface area contributed by atoms with Crippen LogP contribution in [0.4, 0.5) is 20.5 Å². The third-order valence-corrected chi connectivity index (χ3v) is 14.1. The van der Waals surface area contributed by atoms with Gasteiger partial charge in [0, 0.05) is 24.1 Å². The zero-order chi connectivity index (χ0) is 48.8. The normalized spacial score (nSPS) is 23.5. The molecule has 6 heterocycles. The average Bonchev–Trinajstić information content (AvgIpc) is 4.08. The van der Waals surface area contributed by atoms with Crippen molar-refractivity contribution in [3.63, 3.8) is 0 Å². The van der Waals surface area contributed by atoms with Gasteiger partial charge in [0.15, 0.2) is 46.7 Å². The molecular weight excluding hydrogens is 975 g/mol. The van der Waals surface area contributed by atoms with Crippen LogP contribution in [0.3, 0.4) is 0 Å². The molecule has 2 aliphatic heterocycles. The molecule has 2 unspecified atom stereocenters. The maximum atomic E-state index is 16.4.